The summed E-state index contributed by atoms with van der Waals surface area (Å²) in [7, 11) is 1.18. The molecule has 2 nitrogen and oxygen atoms in total. The van der Waals surface area contributed by atoms with Gasteiger partial charge in [-0.05, 0) is 20.9 Å². The molecule has 3 atom stereocenters. The van der Waals surface area contributed by atoms with E-state index >= 15 is 0 Å². The second kappa shape index (κ2) is 4.01. The first-order valence-electron chi connectivity index (χ1n) is 3.09. The molecule has 0 aromatic rings. The van der Waals surface area contributed by atoms with E-state index < -0.39 is 10.8 Å². The molecule has 0 amide bonds. The molecule has 0 spiro atoms. The summed E-state index contributed by atoms with van der Waals surface area (Å²) in [5.74, 6) is 0. The van der Waals surface area contributed by atoms with E-state index in [0.717, 1.165) is 0 Å². The molecule has 9 heavy (non-hydrogen) atoms. The van der Waals surface area contributed by atoms with E-state index in [9.17, 15) is 4.21 Å². The van der Waals surface area contributed by atoms with Crippen molar-refractivity contribution >= 4 is 10.8 Å². The van der Waals surface area contributed by atoms with Gasteiger partial charge in [0, 0.05) is 28.3 Å². The summed E-state index contributed by atoms with van der Waals surface area (Å²) in [5.41, 5.74) is 0. The Morgan fingerprint density at radius 1 is 1.44 bits per heavy atom. The Bertz CT molecular complexity index is 105. The molecule has 0 saturated carbocycles. The van der Waals surface area contributed by atoms with Crippen LogP contribution in [-0.4, -0.2) is 28.8 Å². The van der Waals surface area contributed by atoms with Gasteiger partial charge in [0.15, 0.2) is 0 Å². The van der Waals surface area contributed by atoms with Crippen LogP contribution in [0, 0.1) is 0 Å². The van der Waals surface area contributed by atoms with E-state index in [0.29, 0.717) is 6.04 Å². The highest BCUT2D eigenvalue weighted by molar-refractivity contribution is 7.84. The summed E-state index contributed by atoms with van der Waals surface area (Å²) < 4.78 is 10.8. The Hall–Kier alpha value is 0.110. The fourth-order valence-electron chi connectivity index (χ4n) is 0.522. The lowest BCUT2D eigenvalue weighted by Gasteiger charge is -2.15. The van der Waals surface area contributed by atoms with Gasteiger partial charge in [0.25, 0.3) is 0 Å². The summed E-state index contributed by atoms with van der Waals surface area (Å²) in [4.78, 5) is 0. The summed E-state index contributed by atoms with van der Waals surface area (Å²) in [5, 5.41) is 3.30. The maximum absolute atomic E-state index is 10.8. The Kier molecular flexibility index (Phi) is 4.06. The van der Waals surface area contributed by atoms with Crippen molar-refractivity contribution in [3.63, 3.8) is 0 Å². The van der Waals surface area contributed by atoms with Crippen LogP contribution in [0.5, 0.6) is 0 Å². The van der Waals surface area contributed by atoms with Gasteiger partial charge in [-0.15, -0.1) is 0 Å². The van der Waals surface area contributed by atoms with E-state index in [2.05, 4.69) is 5.32 Å². The van der Waals surface area contributed by atoms with Crippen molar-refractivity contribution in [2.45, 2.75) is 25.1 Å². The second-order valence-electron chi connectivity index (χ2n) is 2.28. The quantitative estimate of drug-likeness (QED) is 0.628. The van der Waals surface area contributed by atoms with Gasteiger partial charge in [-0.3, -0.25) is 4.21 Å². The molecule has 0 aromatic carbocycles. The number of rotatable bonds is 3. The van der Waals surface area contributed by atoms with Gasteiger partial charge in [-0.2, -0.15) is 0 Å². The van der Waals surface area contributed by atoms with Crippen molar-refractivity contribution in [3.05, 3.63) is 0 Å². The van der Waals surface area contributed by atoms with E-state index in [1.807, 2.05) is 20.9 Å². The zero-order valence-corrected chi connectivity index (χ0v) is 7.29. The topological polar surface area (TPSA) is 29.1 Å². The minimum atomic E-state index is -0.703. The molecular formula is C6H15NOS. The fraction of sp³-hybridized carbons (Fsp3) is 1.00. The molecule has 0 radical (unpaired) electrons. The summed E-state index contributed by atoms with van der Waals surface area (Å²) >= 11 is 0. The molecule has 0 fully saturated rings. The molecule has 0 aliphatic rings. The van der Waals surface area contributed by atoms with Gasteiger partial charge < -0.3 is 5.32 Å². The number of hydrogen-bond acceptors (Lipinski definition) is 2. The van der Waals surface area contributed by atoms with Crippen LogP contribution in [0.2, 0.25) is 0 Å². The monoisotopic (exact) mass is 149 g/mol. The van der Waals surface area contributed by atoms with E-state index in [1.54, 1.807) is 6.26 Å². The van der Waals surface area contributed by atoms with Gasteiger partial charge in [-0.25, -0.2) is 0 Å². The standard InChI is InChI=1S/C6H15NOS/c1-5(7-3)6(2)9(4)8/h5-7H,1-4H3. The largest absolute Gasteiger partial charge is 0.316 e. The second-order valence-corrected chi connectivity index (χ2v) is 4.02. The Balaban J connectivity index is 3.72. The first kappa shape index (κ1) is 9.11. The lowest BCUT2D eigenvalue weighted by atomic mass is 10.3. The first-order valence-corrected chi connectivity index (χ1v) is 4.71. The third-order valence-corrected chi connectivity index (χ3v) is 3.14. The average molecular weight is 149 g/mol. The van der Waals surface area contributed by atoms with E-state index in [1.165, 1.54) is 0 Å². The van der Waals surface area contributed by atoms with Crippen molar-refractivity contribution in [3.8, 4) is 0 Å². The van der Waals surface area contributed by atoms with Crippen LogP contribution < -0.4 is 5.32 Å². The van der Waals surface area contributed by atoms with Crippen LogP contribution >= 0.6 is 0 Å². The van der Waals surface area contributed by atoms with Crippen LogP contribution in [0.4, 0.5) is 0 Å². The van der Waals surface area contributed by atoms with Crippen LogP contribution in [0.15, 0.2) is 0 Å². The zero-order chi connectivity index (χ0) is 7.44. The molecule has 0 saturated heterocycles. The van der Waals surface area contributed by atoms with E-state index in [-0.39, 0.29) is 5.25 Å². The number of hydrogen-bond donors (Lipinski definition) is 1. The normalized spacial score (nSPS) is 20.9. The van der Waals surface area contributed by atoms with Crippen molar-refractivity contribution < 1.29 is 4.21 Å². The molecule has 0 aliphatic heterocycles. The minimum absolute atomic E-state index is 0.245. The lowest BCUT2D eigenvalue weighted by Crippen LogP contribution is -2.35. The van der Waals surface area contributed by atoms with Gasteiger partial charge in [0.05, 0.1) is 0 Å². The Morgan fingerprint density at radius 2 is 1.89 bits per heavy atom. The third kappa shape index (κ3) is 2.96. The highest BCUT2D eigenvalue weighted by Crippen LogP contribution is 1.97. The van der Waals surface area contributed by atoms with Crippen molar-refractivity contribution in [1.82, 2.24) is 5.32 Å². The molecule has 0 aromatic heterocycles. The Morgan fingerprint density at radius 3 is 2.00 bits per heavy atom. The van der Waals surface area contributed by atoms with Crippen LogP contribution in [0.25, 0.3) is 0 Å². The van der Waals surface area contributed by atoms with Gasteiger partial charge >= 0.3 is 0 Å². The molecular weight excluding hydrogens is 134 g/mol. The highest BCUT2D eigenvalue weighted by Gasteiger charge is 2.12. The van der Waals surface area contributed by atoms with Crippen molar-refractivity contribution in [1.29, 1.82) is 0 Å². The van der Waals surface area contributed by atoms with Crippen LogP contribution in [0.3, 0.4) is 0 Å². The van der Waals surface area contributed by atoms with Gasteiger partial charge in [-0.1, -0.05) is 0 Å². The van der Waals surface area contributed by atoms with Crippen LogP contribution in [-0.2, 0) is 10.8 Å². The highest BCUT2D eigenvalue weighted by atomic mass is 32.2. The smallest absolute Gasteiger partial charge is 0.0467 e. The van der Waals surface area contributed by atoms with Gasteiger partial charge in [0.2, 0.25) is 0 Å². The molecule has 0 aliphatic carbocycles. The molecule has 1 N–H and O–H groups in total. The molecule has 56 valence electrons. The summed E-state index contributed by atoms with van der Waals surface area (Å²) in [6.45, 7) is 4.02. The number of nitrogens with one attached hydrogen (secondary N) is 1. The summed E-state index contributed by atoms with van der Waals surface area (Å²) in [6.07, 6.45) is 1.73. The molecule has 3 unspecified atom stereocenters. The fourth-order valence-corrected chi connectivity index (χ4v) is 1.23. The van der Waals surface area contributed by atoms with E-state index in [4.69, 9.17) is 0 Å². The predicted octanol–water partition coefficient (Wildman–Crippen LogP) is 0.361. The van der Waals surface area contributed by atoms with Crippen molar-refractivity contribution in [2.75, 3.05) is 13.3 Å². The maximum Gasteiger partial charge on any atom is 0.0467 e. The maximum atomic E-state index is 10.8. The van der Waals surface area contributed by atoms with Crippen LogP contribution in [0.1, 0.15) is 13.8 Å². The molecule has 0 rings (SSSR count). The predicted molar refractivity (Wildman–Crippen MR) is 42.1 cm³/mol. The molecule has 0 heterocycles. The molecule has 3 heteroatoms. The first-order chi connectivity index (χ1) is 4.09. The zero-order valence-electron chi connectivity index (χ0n) is 6.47. The lowest BCUT2D eigenvalue weighted by molar-refractivity contribution is 0.586. The van der Waals surface area contributed by atoms with Gasteiger partial charge in [0.1, 0.15) is 0 Å². The SMILES string of the molecule is CNC(C)C(C)S(C)=O. The Labute approximate surface area is 59.5 Å². The minimum Gasteiger partial charge on any atom is -0.316 e. The molecule has 0 bridgehead atoms. The van der Waals surface area contributed by atoms with Crippen molar-refractivity contribution in [2.24, 2.45) is 0 Å². The third-order valence-electron chi connectivity index (χ3n) is 1.68. The average Bonchev–Trinajstić information content (AvgIpc) is 1.84. The summed E-state index contributed by atoms with van der Waals surface area (Å²) in [6, 6.07) is 0.343.